The Morgan fingerprint density at radius 2 is 2.38 bits per heavy atom. The number of nitro groups is 1. The maximum atomic E-state index is 9.56. The summed E-state index contributed by atoms with van der Waals surface area (Å²) in [5.41, 5.74) is 0. The minimum absolute atomic E-state index is 0.0824. The largest absolute Gasteiger partial charge is 0.385 e. The van der Waals surface area contributed by atoms with Gasteiger partial charge in [0.2, 0.25) is 6.54 Å². The van der Waals surface area contributed by atoms with Gasteiger partial charge in [0.05, 0.1) is 5.88 Å². The second kappa shape index (κ2) is 3.63. The van der Waals surface area contributed by atoms with Crippen LogP contribution < -0.4 is 0 Å². The average molecular weight is 140 g/mol. The summed E-state index contributed by atoms with van der Waals surface area (Å²) < 4.78 is 0. The summed E-state index contributed by atoms with van der Waals surface area (Å²) >= 11 is 5.04. The van der Waals surface area contributed by atoms with Gasteiger partial charge >= 0.3 is 0 Å². The van der Waals surface area contributed by atoms with Crippen molar-refractivity contribution in [2.45, 2.75) is 6.10 Å². The van der Waals surface area contributed by atoms with Gasteiger partial charge in [0.1, 0.15) is 6.10 Å². The first-order valence-electron chi connectivity index (χ1n) is 2.02. The van der Waals surface area contributed by atoms with E-state index in [0.717, 1.165) is 0 Å². The van der Waals surface area contributed by atoms with Crippen LogP contribution in [-0.2, 0) is 0 Å². The monoisotopic (exact) mass is 139 g/mol. The van der Waals surface area contributed by atoms with Crippen LogP contribution in [0.3, 0.4) is 0 Å². The van der Waals surface area contributed by atoms with Gasteiger partial charge in [0, 0.05) is 4.92 Å². The molecule has 1 N–H and O–H groups in total. The zero-order chi connectivity index (χ0) is 6.57. The number of rotatable bonds is 3. The molecule has 0 aliphatic carbocycles. The van der Waals surface area contributed by atoms with Gasteiger partial charge in [-0.1, -0.05) is 0 Å². The Bertz CT molecular complexity index is 86.6. The fourth-order valence-corrected chi connectivity index (χ4v) is 0.318. The molecule has 1 atom stereocenters. The van der Waals surface area contributed by atoms with Crippen molar-refractivity contribution < 1.29 is 10.0 Å². The Morgan fingerprint density at radius 1 is 1.88 bits per heavy atom. The van der Waals surface area contributed by atoms with Crippen molar-refractivity contribution in [2.24, 2.45) is 0 Å². The van der Waals surface area contributed by atoms with Crippen LogP contribution in [-0.4, -0.2) is 28.6 Å². The van der Waals surface area contributed by atoms with Crippen LogP contribution in [0.2, 0.25) is 0 Å². The van der Waals surface area contributed by atoms with Gasteiger partial charge in [-0.3, -0.25) is 10.1 Å². The highest BCUT2D eigenvalue weighted by Gasteiger charge is 2.07. The van der Waals surface area contributed by atoms with Crippen molar-refractivity contribution in [1.29, 1.82) is 0 Å². The van der Waals surface area contributed by atoms with Crippen molar-refractivity contribution >= 4 is 11.6 Å². The van der Waals surface area contributed by atoms with Crippen LogP contribution >= 0.6 is 11.6 Å². The summed E-state index contributed by atoms with van der Waals surface area (Å²) in [5.74, 6) is -0.0824. The van der Waals surface area contributed by atoms with Crippen LogP contribution in [0.5, 0.6) is 0 Å². The Hall–Kier alpha value is -0.350. The zero-order valence-corrected chi connectivity index (χ0v) is 4.84. The maximum absolute atomic E-state index is 9.56. The third kappa shape index (κ3) is 3.83. The van der Waals surface area contributed by atoms with Gasteiger partial charge in [-0.05, 0) is 0 Å². The quantitative estimate of drug-likeness (QED) is 0.336. The molecular weight excluding hydrogens is 133 g/mol. The van der Waals surface area contributed by atoms with Crippen molar-refractivity contribution in [3.05, 3.63) is 10.1 Å². The Kier molecular flexibility index (Phi) is 3.47. The molecule has 5 heteroatoms. The molecule has 0 saturated carbocycles. The minimum Gasteiger partial charge on any atom is -0.385 e. The first-order valence-corrected chi connectivity index (χ1v) is 2.56. The van der Waals surface area contributed by atoms with E-state index in [2.05, 4.69) is 0 Å². The number of hydrogen-bond acceptors (Lipinski definition) is 3. The highest BCUT2D eigenvalue weighted by molar-refractivity contribution is 6.18. The summed E-state index contributed by atoms with van der Waals surface area (Å²) in [7, 11) is 0. The molecule has 0 aliphatic heterocycles. The third-order valence-corrected chi connectivity index (χ3v) is 0.894. The van der Waals surface area contributed by atoms with Gasteiger partial charge in [0.25, 0.3) is 0 Å². The van der Waals surface area contributed by atoms with E-state index in [0.29, 0.717) is 0 Å². The predicted octanol–water partition coefficient (Wildman–Crippen LogP) is -0.137. The summed E-state index contributed by atoms with van der Waals surface area (Å²) in [4.78, 5) is 8.95. The van der Waals surface area contributed by atoms with E-state index in [1.807, 2.05) is 0 Å². The summed E-state index contributed by atoms with van der Waals surface area (Å²) in [6.07, 6.45) is -1.01. The minimum atomic E-state index is -1.01. The molecule has 0 aromatic heterocycles. The van der Waals surface area contributed by atoms with Gasteiger partial charge in [-0.15, -0.1) is 11.6 Å². The number of nitrogens with zero attached hydrogens (tertiary/aromatic N) is 1. The SMILES string of the molecule is O=[N+]([O-])C[C@H](O)CCl. The molecular formula is C3H6ClNO3. The van der Waals surface area contributed by atoms with E-state index in [4.69, 9.17) is 16.7 Å². The van der Waals surface area contributed by atoms with Crippen LogP contribution in [0, 0.1) is 10.1 Å². The molecule has 48 valence electrons. The number of alkyl halides is 1. The Morgan fingerprint density at radius 3 is 2.50 bits per heavy atom. The van der Waals surface area contributed by atoms with Crippen molar-refractivity contribution in [2.75, 3.05) is 12.4 Å². The highest BCUT2D eigenvalue weighted by atomic mass is 35.5. The zero-order valence-electron chi connectivity index (χ0n) is 4.08. The van der Waals surface area contributed by atoms with E-state index in [1.54, 1.807) is 0 Å². The molecule has 0 aromatic carbocycles. The van der Waals surface area contributed by atoms with Crippen LogP contribution in [0.25, 0.3) is 0 Å². The maximum Gasteiger partial charge on any atom is 0.230 e. The lowest BCUT2D eigenvalue weighted by molar-refractivity contribution is -0.489. The molecule has 0 aliphatic rings. The average Bonchev–Trinajstić information content (AvgIpc) is 1.65. The second-order valence-electron chi connectivity index (χ2n) is 1.32. The molecule has 4 nitrogen and oxygen atoms in total. The van der Waals surface area contributed by atoms with Gasteiger partial charge in [-0.2, -0.15) is 0 Å². The normalized spacial score (nSPS) is 13.2. The smallest absolute Gasteiger partial charge is 0.230 e. The van der Waals surface area contributed by atoms with E-state index in [9.17, 15) is 10.1 Å². The van der Waals surface area contributed by atoms with Crippen molar-refractivity contribution in [3.63, 3.8) is 0 Å². The summed E-state index contributed by atoms with van der Waals surface area (Å²) in [6, 6.07) is 0. The van der Waals surface area contributed by atoms with Crippen LogP contribution in [0.1, 0.15) is 0 Å². The molecule has 0 saturated heterocycles. The standard InChI is InChI=1S/C3H6ClNO3/c4-1-3(6)2-5(7)8/h3,6H,1-2H2/t3-/m1/s1. The predicted molar refractivity (Wildman–Crippen MR) is 28.6 cm³/mol. The highest BCUT2D eigenvalue weighted by Crippen LogP contribution is 1.86. The van der Waals surface area contributed by atoms with Crippen LogP contribution in [0.4, 0.5) is 0 Å². The molecule has 0 bridgehead atoms. The first kappa shape index (κ1) is 7.65. The number of aliphatic hydroxyl groups is 1. The molecule has 8 heavy (non-hydrogen) atoms. The lowest BCUT2D eigenvalue weighted by atomic mass is 10.4. The number of aliphatic hydroxyl groups excluding tert-OH is 1. The molecule has 0 radical (unpaired) electrons. The topological polar surface area (TPSA) is 63.4 Å². The van der Waals surface area contributed by atoms with Gasteiger partial charge in [-0.25, -0.2) is 0 Å². The summed E-state index contributed by atoms with van der Waals surface area (Å²) in [5, 5.41) is 18.0. The molecule has 0 aromatic rings. The first-order chi connectivity index (χ1) is 3.66. The van der Waals surface area contributed by atoms with Crippen molar-refractivity contribution in [1.82, 2.24) is 0 Å². The number of halogens is 1. The fraction of sp³-hybridized carbons (Fsp3) is 1.00. The van der Waals surface area contributed by atoms with Crippen LogP contribution in [0.15, 0.2) is 0 Å². The molecule has 0 unspecified atom stereocenters. The third-order valence-electron chi connectivity index (χ3n) is 0.538. The van der Waals surface area contributed by atoms with E-state index < -0.39 is 17.6 Å². The molecule has 0 spiro atoms. The number of hydrogen-bond donors (Lipinski definition) is 1. The second-order valence-corrected chi connectivity index (χ2v) is 1.63. The van der Waals surface area contributed by atoms with E-state index in [1.165, 1.54) is 0 Å². The van der Waals surface area contributed by atoms with Gasteiger partial charge < -0.3 is 5.11 Å². The van der Waals surface area contributed by atoms with E-state index in [-0.39, 0.29) is 5.88 Å². The van der Waals surface area contributed by atoms with Crippen molar-refractivity contribution in [3.8, 4) is 0 Å². The Labute approximate surface area is 51.2 Å². The lowest BCUT2D eigenvalue weighted by Crippen LogP contribution is -2.20. The molecule has 0 heterocycles. The van der Waals surface area contributed by atoms with E-state index >= 15 is 0 Å². The molecule has 0 rings (SSSR count). The Balaban J connectivity index is 3.24. The summed E-state index contributed by atoms with van der Waals surface area (Å²) in [6.45, 7) is -0.469. The van der Waals surface area contributed by atoms with Gasteiger partial charge in [0.15, 0.2) is 0 Å². The molecule has 0 fully saturated rings. The lowest BCUT2D eigenvalue weighted by Gasteiger charge is -1.96. The fourth-order valence-electron chi connectivity index (χ4n) is 0.221. The molecule has 0 amide bonds.